The number of nitrogens with zero attached hydrogens (tertiary/aromatic N) is 2. The van der Waals surface area contributed by atoms with Gasteiger partial charge in [-0.15, -0.1) is 0 Å². The molecule has 2 N–H and O–H groups in total. The molecule has 1 atom stereocenters. The highest BCUT2D eigenvalue weighted by Crippen LogP contribution is 2.17. The average Bonchev–Trinajstić information content (AvgIpc) is 2.88. The van der Waals surface area contributed by atoms with Crippen LogP contribution in [0.3, 0.4) is 0 Å². The van der Waals surface area contributed by atoms with Crippen LogP contribution in [0, 0.1) is 5.82 Å². The zero-order chi connectivity index (χ0) is 14.5. The largest absolute Gasteiger partial charge is 0.497 e. The van der Waals surface area contributed by atoms with Crippen molar-refractivity contribution in [2.24, 2.45) is 5.73 Å². The van der Waals surface area contributed by atoms with Crippen molar-refractivity contribution >= 4 is 0 Å². The smallest absolute Gasteiger partial charge is 0.131 e. The summed E-state index contributed by atoms with van der Waals surface area (Å²) in [5.74, 6) is 0.247. The summed E-state index contributed by atoms with van der Waals surface area (Å²) < 4.78 is 20.7. The number of ether oxygens (including phenoxy) is 1. The topological polar surface area (TPSA) is 53.1 Å². The second kappa shape index (κ2) is 6.52. The molecule has 1 unspecified atom stereocenters. The molecule has 2 aromatic rings. The highest BCUT2D eigenvalue weighted by Gasteiger charge is 2.07. The minimum atomic E-state index is -0.273. The van der Waals surface area contributed by atoms with Gasteiger partial charge in [-0.1, -0.05) is 13.0 Å². The molecule has 0 bridgehead atoms. The first-order valence-electron chi connectivity index (χ1n) is 6.71. The zero-order valence-electron chi connectivity index (χ0n) is 11.8. The predicted octanol–water partition coefficient (Wildman–Crippen LogP) is 2.36. The fourth-order valence-electron chi connectivity index (χ4n) is 1.99. The maximum absolute atomic E-state index is 13.9. The van der Waals surface area contributed by atoms with Crippen LogP contribution in [0.5, 0.6) is 5.75 Å². The molecule has 0 aliphatic heterocycles. The Morgan fingerprint density at radius 2 is 2.25 bits per heavy atom. The van der Waals surface area contributed by atoms with Crippen molar-refractivity contribution in [3.05, 3.63) is 47.8 Å². The van der Waals surface area contributed by atoms with Crippen LogP contribution in [0.2, 0.25) is 0 Å². The van der Waals surface area contributed by atoms with Crippen molar-refractivity contribution in [1.29, 1.82) is 0 Å². The van der Waals surface area contributed by atoms with E-state index in [9.17, 15) is 4.39 Å². The third kappa shape index (κ3) is 3.57. The van der Waals surface area contributed by atoms with Gasteiger partial charge in [0.1, 0.15) is 11.6 Å². The number of benzene rings is 1. The SMILES string of the molecule is CCC(N)Cc1cn(Cc2ccc(OC)cc2F)cn1. The van der Waals surface area contributed by atoms with Gasteiger partial charge in [0, 0.05) is 30.3 Å². The van der Waals surface area contributed by atoms with E-state index >= 15 is 0 Å². The number of hydrogen-bond donors (Lipinski definition) is 1. The van der Waals surface area contributed by atoms with E-state index in [-0.39, 0.29) is 11.9 Å². The molecule has 5 heteroatoms. The molecule has 0 radical (unpaired) electrons. The average molecular weight is 277 g/mol. The summed E-state index contributed by atoms with van der Waals surface area (Å²) >= 11 is 0. The lowest BCUT2D eigenvalue weighted by Gasteiger charge is -2.07. The summed E-state index contributed by atoms with van der Waals surface area (Å²) in [6, 6.07) is 4.99. The minimum Gasteiger partial charge on any atom is -0.497 e. The normalized spacial score (nSPS) is 12.4. The molecule has 1 aromatic heterocycles. The lowest BCUT2D eigenvalue weighted by Crippen LogP contribution is -2.21. The summed E-state index contributed by atoms with van der Waals surface area (Å²) in [5.41, 5.74) is 7.44. The van der Waals surface area contributed by atoms with Gasteiger partial charge in [0.2, 0.25) is 0 Å². The summed E-state index contributed by atoms with van der Waals surface area (Å²) in [6.07, 6.45) is 5.29. The second-order valence-corrected chi connectivity index (χ2v) is 4.87. The lowest BCUT2D eigenvalue weighted by atomic mass is 10.1. The van der Waals surface area contributed by atoms with Gasteiger partial charge >= 0.3 is 0 Å². The van der Waals surface area contributed by atoms with Crippen LogP contribution in [-0.4, -0.2) is 22.7 Å². The summed E-state index contributed by atoms with van der Waals surface area (Å²) in [5, 5.41) is 0. The highest BCUT2D eigenvalue weighted by molar-refractivity contribution is 5.29. The van der Waals surface area contributed by atoms with Crippen LogP contribution in [0.4, 0.5) is 4.39 Å². The number of hydrogen-bond acceptors (Lipinski definition) is 3. The molecule has 0 saturated heterocycles. The number of nitrogens with two attached hydrogens (primary N) is 1. The van der Waals surface area contributed by atoms with E-state index in [1.165, 1.54) is 13.2 Å². The predicted molar refractivity (Wildman–Crippen MR) is 76.3 cm³/mol. The minimum absolute atomic E-state index is 0.121. The monoisotopic (exact) mass is 277 g/mol. The first-order chi connectivity index (χ1) is 9.62. The first-order valence-corrected chi connectivity index (χ1v) is 6.71. The molecule has 2 rings (SSSR count). The fourth-order valence-corrected chi connectivity index (χ4v) is 1.99. The Morgan fingerprint density at radius 3 is 2.90 bits per heavy atom. The van der Waals surface area contributed by atoms with Gasteiger partial charge < -0.3 is 15.0 Å². The van der Waals surface area contributed by atoms with Crippen molar-refractivity contribution in [2.45, 2.75) is 32.4 Å². The molecule has 1 aromatic carbocycles. The Balaban J connectivity index is 2.07. The maximum atomic E-state index is 13.9. The molecule has 0 aliphatic carbocycles. The molecule has 20 heavy (non-hydrogen) atoms. The van der Waals surface area contributed by atoms with E-state index in [0.717, 1.165) is 18.5 Å². The van der Waals surface area contributed by atoms with Gasteiger partial charge in [-0.2, -0.15) is 0 Å². The number of imidazole rings is 1. The molecule has 0 amide bonds. The quantitative estimate of drug-likeness (QED) is 0.882. The Morgan fingerprint density at radius 1 is 1.45 bits per heavy atom. The van der Waals surface area contributed by atoms with Crippen molar-refractivity contribution < 1.29 is 9.13 Å². The molecule has 4 nitrogen and oxygen atoms in total. The molecular weight excluding hydrogens is 257 g/mol. The molecule has 0 spiro atoms. The standard InChI is InChI=1S/C15H20FN3O/c1-3-12(17)6-13-9-19(10-18-13)8-11-4-5-14(20-2)7-15(11)16/h4-5,7,9-10,12H,3,6,8,17H2,1-2H3. The Kier molecular flexibility index (Phi) is 4.74. The van der Waals surface area contributed by atoms with E-state index in [4.69, 9.17) is 10.5 Å². The van der Waals surface area contributed by atoms with E-state index in [1.54, 1.807) is 18.5 Å². The lowest BCUT2D eigenvalue weighted by molar-refractivity contribution is 0.410. The van der Waals surface area contributed by atoms with Crippen LogP contribution in [0.15, 0.2) is 30.7 Å². The first kappa shape index (κ1) is 14.5. The van der Waals surface area contributed by atoms with Crippen molar-refractivity contribution in [1.82, 2.24) is 9.55 Å². The van der Waals surface area contributed by atoms with E-state index < -0.39 is 0 Å². The summed E-state index contributed by atoms with van der Waals surface area (Å²) in [6.45, 7) is 2.50. The van der Waals surface area contributed by atoms with Gasteiger partial charge in [0.15, 0.2) is 0 Å². The molecule has 0 fully saturated rings. The van der Waals surface area contributed by atoms with Gasteiger partial charge in [-0.05, 0) is 12.5 Å². The Bertz CT molecular complexity index is 568. The molecule has 1 heterocycles. The third-order valence-electron chi connectivity index (χ3n) is 3.30. The fraction of sp³-hybridized carbons (Fsp3) is 0.400. The van der Waals surface area contributed by atoms with Crippen LogP contribution in [0.1, 0.15) is 24.6 Å². The van der Waals surface area contributed by atoms with Crippen LogP contribution < -0.4 is 10.5 Å². The van der Waals surface area contributed by atoms with Crippen LogP contribution in [-0.2, 0) is 13.0 Å². The molecule has 108 valence electrons. The van der Waals surface area contributed by atoms with Crippen molar-refractivity contribution in [3.63, 3.8) is 0 Å². The Labute approximate surface area is 118 Å². The van der Waals surface area contributed by atoms with E-state index in [0.29, 0.717) is 17.9 Å². The molecule has 0 aliphatic rings. The Hall–Kier alpha value is -1.88. The van der Waals surface area contributed by atoms with Crippen molar-refractivity contribution in [2.75, 3.05) is 7.11 Å². The molecule has 0 saturated carbocycles. The van der Waals surface area contributed by atoms with E-state index in [1.807, 2.05) is 17.7 Å². The second-order valence-electron chi connectivity index (χ2n) is 4.87. The number of halogens is 1. The van der Waals surface area contributed by atoms with Crippen molar-refractivity contribution in [3.8, 4) is 5.75 Å². The van der Waals surface area contributed by atoms with Gasteiger partial charge in [0.25, 0.3) is 0 Å². The highest BCUT2D eigenvalue weighted by atomic mass is 19.1. The number of rotatable bonds is 6. The molecular formula is C15H20FN3O. The zero-order valence-corrected chi connectivity index (χ0v) is 11.8. The number of aromatic nitrogens is 2. The maximum Gasteiger partial charge on any atom is 0.131 e. The van der Waals surface area contributed by atoms with Gasteiger partial charge in [0.05, 0.1) is 25.7 Å². The third-order valence-corrected chi connectivity index (χ3v) is 3.30. The summed E-state index contributed by atoms with van der Waals surface area (Å²) in [4.78, 5) is 4.30. The van der Waals surface area contributed by atoms with E-state index in [2.05, 4.69) is 4.98 Å². The van der Waals surface area contributed by atoms with Crippen LogP contribution >= 0.6 is 0 Å². The number of methoxy groups -OCH3 is 1. The van der Waals surface area contributed by atoms with Gasteiger partial charge in [-0.3, -0.25) is 0 Å². The van der Waals surface area contributed by atoms with Crippen LogP contribution in [0.25, 0.3) is 0 Å². The summed E-state index contributed by atoms with van der Waals surface area (Å²) in [7, 11) is 1.52. The van der Waals surface area contributed by atoms with Gasteiger partial charge in [-0.25, -0.2) is 9.37 Å².